The fourth-order valence-corrected chi connectivity index (χ4v) is 0. The van der Waals surface area contributed by atoms with Gasteiger partial charge in [-0.2, -0.15) is 0 Å². The van der Waals surface area contributed by atoms with Crippen LogP contribution in [0.1, 0.15) is 6.92 Å². The minimum absolute atomic E-state index is 0.0648. The largest absolute Gasteiger partial charge is 0.545 e. The third-order valence-corrected chi connectivity index (χ3v) is 0.348. The number of carbonyl (C=O) groups excluding carboxylic acids is 1. The molecule has 0 aromatic heterocycles. The highest BCUT2D eigenvalue weighted by Crippen LogP contribution is 2.40. The van der Waals surface area contributed by atoms with Crippen molar-refractivity contribution >= 4 is 13.2 Å². The second-order valence-electron chi connectivity index (χ2n) is 3.75. The average molecular weight is 176 g/mol. The molecule has 0 heterocycles. The van der Waals surface area contributed by atoms with Crippen molar-refractivity contribution in [2.24, 2.45) is 0 Å². The van der Waals surface area contributed by atoms with E-state index < -0.39 is 5.97 Å². The Bertz CT molecular complexity index is 127. The number of hydrogen-bond donors (Lipinski definition) is 0. The summed E-state index contributed by atoms with van der Waals surface area (Å²) in [6, 6.07) is 0. The van der Waals surface area contributed by atoms with Crippen LogP contribution in [0.25, 0.3) is 0 Å². The third-order valence-electron chi connectivity index (χ3n) is 0.348. The van der Waals surface area contributed by atoms with Gasteiger partial charge in [0.05, 0.1) is 5.97 Å². The van der Waals surface area contributed by atoms with E-state index in [-0.39, 0.29) is 12.8 Å². The van der Waals surface area contributed by atoms with Crippen molar-refractivity contribution in [2.75, 3.05) is 26.7 Å². The van der Waals surface area contributed by atoms with Gasteiger partial charge in [0, 0.05) is 33.9 Å². The summed E-state index contributed by atoms with van der Waals surface area (Å²) in [6.07, 6.45) is 0. The summed E-state index contributed by atoms with van der Waals surface area (Å²) in [4.78, 5) is 9.49. The van der Waals surface area contributed by atoms with Gasteiger partial charge in [0.2, 0.25) is 0 Å². The smallest absolute Gasteiger partial charge is 0.0666 e. The molecule has 3 heteroatoms. The molecule has 0 aromatic rings. The van der Waals surface area contributed by atoms with Crippen molar-refractivity contribution in [2.45, 2.75) is 6.92 Å². The molecule has 0 aliphatic rings. The van der Waals surface area contributed by atoms with E-state index in [0.717, 1.165) is 0 Å². The van der Waals surface area contributed by atoms with Crippen LogP contribution in [-0.2, 0) is 4.79 Å². The van der Waals surface area contributed by atoms with Crippen LogP contribution in [-0.4, -0.2) is 32.6 Å². The quantitative estimate of drug-likeness (QED) is 0.438. The van der Waals surface area contributed by atoms with E-state index in [9.17, 15) is 9.90 Å². The van der Waals surface area contributed by atoms with Crippen LogP contribution < -0.4 is 5.11 Å². The molecule has 66 valence electrons. The van der Waals surface area contributed by atoms with Crippen molar-refractivity contribution in [3.05, 3.63) is 12.2 Å². The SMILES string of the molecule is C=C(C)C(=O)[O-].C[P+](C)(C)C. The van der Waals surface area contributed by atoms with E-state index in [4.69, 9.17) is 0 Å². The van der Waals surface area contributed by atoms with Gasteiger partial charge < -0.3 is 9.90 Å². The Labute approximate surface area is 69.7 Å². The molecule has 0 fully saturated rings. The summed E-state index contributed by atoms with van der Waals surface area (Å²) in [5, 5.41) is 9.49. The van der Waals surface area contributed by atoms with Crippen molar-refractivity contribution in [1.82, 2.24) is 0 Å². The maximum atomic E-state index is 9.49. The summed E-state index contributed by atoms with van der Waals surface area (Å²) in [5.74, 6) is -1.19. The molecule has 0 rings (SSSR count). The lowest BCUT2D eigenvalue weighted by Gasteiger charge is -1.97. The molecular formula is C8H17O2P. The van der Waals surface area contributed by atoms with Gasteiger partial charge in [-0.1, -0.05) is 6.58 Å². The molecule has 0 atom stereocenters. The molecule has 0 aliphatic carbocycles. The summed E-state index contributed by atoms with van der Waals surface area (Å²) >= 11 is 0. The second kappa shape index (κ2) is 5.31. The normalized spacial score (nSPS) is 9.55. The van der Waals surface area contributed by atoms with Gasteiger partial charge in [-0.15, -0.1) is 0 Å². The summed E-state index contributed by atoms with van der Waals surface area (Å²) < 4.78 is 0. The zero-order valence-electron chi connectivity index (χ0n) is 7.97. The molecule has 0 radical (unpaired) electrons. The lowest BCUT2D eigenvalue weighted by molar-refractivity contribution is -0.299. The highest BCUT2D eigenvalue weighted by atomic mass is 31.2. The lowest BCUT2D eigenvalue weighted by atomic mass is 10.4. The van der Waals surface area contributed by atoms with Crippen LogP contribution in [0.15, 0.2) is 12.2 Å². The molecule has 2 nitrogen and oxygen atoms in total. The zero-order chi connectivity index (χ0) is 9.65. The highest BCUT2D eigenvalue weighted by molar-refractivity contribution is 7.72. The van der Waals surface area contributed by atoms with E-state index in [1.807, 2.05) is 0 Å². The molecule has 0 aliphatic heterocycles. The molecule has 0 saturated heterocycles. The van der Waals surface area contributed by atoms with Gasteiger partial charge in [-0.3, -0.25) is 0 Å². The van der Waals surface area contributed by atoms with Crippen LogP contribution >= 0.6 is 7.26 Å². The second-order valence-corrected chi connectivity index (χ2v) is 9.12. The van der Waals surface area contributed by atoms with Crippen molar-refractivity contribution < 1.29 is 9.90 Å². The molecular weight excluding hydrogens is 159 g/mol. The molecule has 0 bridgehead atoms. The maximum absolute atomic E-state index is 9.49. The van der Waals surface area contributed by atoms with Crippen LogP contribution in [0.2, 0.25) is 0 Å². The van der Waals surface area contributed by atoms with Crippen molar-refractivity contribution in [1.29, 1.82) is 0 Å². The van der Waals surface area contributed by atoms with Crippen LogP contribution in [0.5, 0.6) is 0 Å². The van der Waals surface area contributed by atoms with E-state index >= 15 is 0 Å². The first-order valence-electron chi connectivity index (χ1n) is 3.30. The Hall–Kier alpha value is -0.360. The first-order chi connectivity index (χ1) is 4.64. The van der Waals surface area contributed by atoms with E-state index in [0.29, 0.717) is 0 Å². The predicted molar refractivity (Wildman–Crippen MR) is 50.4 cm³/mol. The fraction of sp³-hybridized carbons (Fsp3) is 0.625. The number of hydrogen-bond acceptors (Lipinski definition) is 2. The third kappa shape index (κ3) is 42.5. The summed E-state index contributed by atoms with van der Waals surface area (Å²) in [6.45, 7) is 13.7. The van der Waals surface area contributed by atoms with Crippen LogP contribution in [0.4, 0.5) is 0 Å². The standard InChI is InChI=1S/C4H6O2.C4H12P/c1-3(2)4(5)6;1-5(2,3)4/h1H2,2H3,(H,5,6);1-4H3/q;+1/p-1. The fourth-order valence-electron chi connectivity index (χ4n) is 0. The maximum Gasteiger partial charge on any atom is 0.0666 e. The van der Waals surface area contributed by atoms with Gasteiger partial charge in [-0.25, -0.2) is 0 Å². The minimum atomic E-state index is -1.19. The number of carboxylic acids is 1. The topological polar surface area (TPSA) is 40.1 Å². The number of carbonyl (C=O) groups is 1. The molecule has 0 amide bonds. The van der Waals surface area contributed by atoms with Crippen LogP contribution in [0.3, 0.4) is 0 Å². The minimum Gasteiger partial charge on any atom is -0.545 e. The summed E-state index contributed by atoms with van der Waals surface area (Å²) in [7, 11) is -0.389. The molecule has 0 unspecified atom stereocenters. The predicted octanol–water partition coefficient (Wildman–Crippen LogP) is 0.836. The zero-order valence-corrected chi connectivity index (χ0v) is 8.87. The summed E-state index contributed by atoms with van der Waals surface area (Å²) in [5.41, 5.74) is 0.0648. The Morgan fingerprint density at radius 3 is 1.36 bits per heavy atom. The van der Waals surface area contributed by atoms with Gasteiger partial charge in [0.25, 0.3) is 0 Å². The van der Waals surface area contributed by atoms with Gasteiger partial charge >= 0.3 is 0 Å². The van der Waals surface area contributed by atoms with E-state index in [1.54, 1.807) is 0 Å². The first-order valence-corrected chi connectivity index (χ1v) is 6.88. The monoisotopic (exact) mass is 176 g/mol. The van der Waals surface area contributed by atoms with Gasteiger partial charge in [-0.05, 0) is 12.5 Å². The average Bonchev–Trinajstić information content (AvgIpc) is 1.59. The highest BCUT2D eigenvalue weighted by Gasteiger charge is 2.03. The number of carboxylic acid groups (broad SMARTS) is 1. The first kappa shape index (κ1) is 13.2. The van der Waals surface area contributed by atoms with E-state index in [2.05, 4.69) is 33.2 Å². The molecule has 0 saturated carbocycles. The van der Waals surface area contributed by atoms with Crippen molar-refractivity contribution in [3.8, 4) is 0 Å². The molecule has 0 spiro atoms. The molecule has 11 heavy (non-hydrogen) atoms. The number of rotatable bonds is 1. The Morgan fingerprint density at radius 1 is 1.27 bits per heavy atom. The van der Waals surface area contributed by atoms with Gasteiger partial charge in [0.15, 0.2) is 0 Å². The molecule has 0 aromatic carbocycles. The Balaban J connectivity index is 0. The van der Waals surface area contributed by atoms with E-state index in [1.165, 1.54) is 6.92 Å². The van der Waals surface area contributed by atoms with Crippen molar-refractivity contribution in [3.63, 3.8) is 0 Å². The number of aliphatic carboxylic acids is 1. The molecule has 0 N–H and O–H groups in total. The van der Waals surface area contributed by atoms with Gasteiger partial charge in [0.1, 0.15) is 0 Å². The lowest BCUT2D eigenvalue weighted by Crippen LogP contribution is -2.22. The Kier molecular flexibility index (Phi) is 6.40. The van der Waals surface area contributed by atoms with Crippen LogP contribution in [0, 0.1) is 0 Å². The Morgan fingerprint density at radius 2 is 1.36 bits per heavy atom.